The van der Waals surface area contributed by atoms with Crippen LogP contribution in [0.5, 0.6) is 0 Å². The van der Waals surface area contributed by atoms with Crippen molar-refractivity contribution in [2.24, 2.45) is 5.92 Å². The van der Waals surface area contributed by atoms with Crippen molar-refractivity contribution < 1.29 is 0 Å². The van der Waals surface area contributed by atoms with Crippen LogP contribution >= 0.6 is 0 Å². The molecule has 0 spiro atoms. The van der Waals surface area contributed by atoms with Crippen molar-refractivity contribution >= 4 is 0 Å². The lowest BCUT2D eigenvalue weighted by atomic mass is 10.1. The average molecular weight is 319 g/mol. The molecule has 1 aromatic rings. The fourth-order valence-corrected chi connectivity index (χ4v) is 2.06. The Morgan fingerprint density at radius 2 is 1.52 bits per heavy atom. The van der Waals surface area contributed by atoms with Gasteiger partial charge >= 0.3 is 0 Å². The van der Waals surface area contributed by atoms with E-state index in [-0.39, 0.29) is 0 Å². The molecule has 1 aromatic heterocycles. The van der Waals surface area contributed by atoms with Crippen molar-refractivity contribution in [1.29, 1.82) is 0 Å². The summed E-state index contributed by atoms with van der Waals surface area (Å²) in [6.45, 7) is 11.1. The number of nitrogens with zero attached hydrogens (tertiary/aromatic N) is 2. The van der Waals surface area contributed by atoms with Gasteiger partial charge in [0, 0.05) is 18.8 Å². The van der Waals surface area contributed by atoms with Gasteiger partial charge in [-0.2, -0.15) is 0 Å². The minimum absolute atomic E-state index is 0.853. The molecule has 132 valence electrons. The highest BCUT2D eigenvalue weighted by molar-refractivity contribution is 5.05. The van der Waals surface area contributed by atoms with Crippen molar-refractivity contribution in [2.45, 2.75) is 92.4 Å². The summed E-state index contributed by atoms with van der Waals surface area (Å²) in [5.41, 5.74) is 1.26. The zero-order valence-corrected chi connectivity index (χ0v) is 16.1. The Labute approximate surface area is 144 Å². The number of unbranched alkanes of at least 4 members (excludes halogenated alkanes) is 3. The second-order valence-electron chi connectivity index (χ2n) is 6.55. The Bertz CT molecular complexity index is 379. The average Bonchev–Trinajstić information content (AvgIpc) is 2.57. The highest BCUT2D eigenvalue weighted by atomic mass is 14.9. The molecule has 0 unspecified atom stereocenters. The number of allylic oxidation sites excluding steroid dienone is 2. The third-order valence-corrected chi connectivity index (χ3v) is 3.70. The van der Waals surface area contributed by atoms with Gasteiger partial charge in [-0.05, 0) is 43.6 Å². The van der Waals surface area contributed by atoms with E-state index >= 15 is 0 Å². The second kappa shape index (κ2) is 15.7. The third kappa shape index (κ3) is 14.2. The highest BCUT2D eigenvalue weighted by Crippen LogP contribution is 2.05. The maximum absolute atomic E-state index is 4.24. The predicted octanol–water partition coefficient (Wildman–Crippen LogP) is 6.55. The van der Waals surface area contributed by atoms with Gasteiger partial charge in [-0.25, -0.2) is 9.97 Å². The van der Waals surface area contributed by atoms with Crippen LogP contribution in [0.2, 0.25) is 0 Å². The summed E-state index contributed by atoms with van der Waals surface area (Å²) in [6.07, 6.45) is 19.6. The summed E-state index contributed by atoms with van der Waals surface area (Å²) in [4.78, 5) is 8.48. The molecule has 0 radical (unpaired) electrons. The number of rotatable bonds is 10. The minimum Gasteiger partial charge on any atom is -0.241 e. The zero-order chi connectivity index (χ0) is 17.3. The molecule has 0 aliphatic rings. The Balaban J connectivity index is 0.000000423. The first kappa shape index (κ1) is 21.8. The standard InChI is InChI=1S/C11H22.C10H16N2/c1-4-5-6-7-8-9-10-11(2)3;1-3-5-6-9-7-11-10(4-2)12-8-9/h7-8,11H,4-6,9-10H2,1-3H3;7-8H,3-6H2,1-2H3. The molecule has 0 saturated heterocycles. The van der Waals surface area contributed by atoms with Gasteiger partial charge in [-0.15, -0.1) is 0 Å². The van der Waals surface area contributed by atoms with Crippen LogP contribution in [-0.4, -0.2) is 9.97 Å². The van der Waals surface area contributed by atoms with Gasteiger partial charge in [0.25, 0.3) is 0 Å². The quantitative estimate of drug-likeness (QED) is 0.361. The summed E-state index contributed by atoms with van der Waals surface area (Å²) in [5, 5.41) is 0. The van der Waals surface area contributed by atoms with Crippen molar-refractivity contribution in [2.75, 3.05) is 0 Å². The Kier molecular flexibility index (Phi) is 14.9. The first-order valence-corrected chi connectivity index (χ1v) is 9.58. The van der Waals surface area contributed by atoms with Gasteiger partial charge in [-0.1, -0.05) is 66.0 Å². The van der Waals surface area contributed by atoms with E-state index in [4.69, 9.17) is 0 Å². The maximum Gasteiger partial charge on any atom is 0.127 e. The fraction of sp³-hybridized carbons (Fsp3) is 0.714. The van der Waals surface area contributed by atoms with E-state index in [0.717, 1.165) is 24.6 Å². The van der Waals surface area contributed by atoms with Gasteiger partial charge in [-0.3, -0.25) is 0 Å². The number of aryl methyl sites for hydroxylation is 2. The van der Waals surface area contributed by atoms with Crippen LogP contribution in [-0.2, 0) is 12.8 Å². The van der Waals surface area contributed by atoms with E-state index in [2.05, 4.69) is 56.7 Å². The van der Waals surface area contributed by atoms with Crippen LogP contribution in [0.1, 0.15) is 91.0 Å². The maximum atomic E-state index is 4.24. The molecule has 0 bridgehead atoms. The molecule has 2 nitrogen and oxygen atoms in total. The molecular formula is C21H38N2. The molecule has 0 aromatic carbocycles. The molecule has 0 N–H and O–H groups in total. The van der Waals surface area contributed by atoms with Crippen molar-refractivity contribution in [3.05, 3.63) is 35.9 Å². The Morgan fingerprint density at radius 3 is 2.04 bits per heavy atom. The molecule has 0 atom stereocenters. The smallest absolute Gasteiger partial charge is 0.127 e. The number of aromatic nitrogens is 2. The van der Waals surface area contributed by atoms with E-state index in [1.807, 2.05) is 12.4 Å². The van der Waals surface area contributed by atoms with Crippen LogP contribution in [0.4, 0.5) is 0 Å². The van der Waals surface area contributed by atoms with E-state index in [1.54, 1.807) is 0 Å². The Hall–Kier alpha value is -1.18. The molecule has 23 heavy (non-hydrogen) atoms. The van der Waals surface area contributed by atoms with Gasteiger partial charge in [0.2, 0.25) is 0 Å². The van der Waals surface area contributed by atoms with Gasteiger partial charge in [0.15, 0.2) is 0 Å². The van der Waals surface area contributed by atoms with Crippen LogP contribution in [0, 0.1) is 5.92 Å². The molecule has 2 heteroatoms. The first-order valence-electron chi connectivity index (χ1n) is 9.58. The molecule has 0 aliphatic heterocycles. The molecule has 0 amide bonds. The molecule has 0 fully saturated rings. The highest BCUT2D eigenvalue weighted by Gasteiger charge is 1.94. The van der Waals surface area contributed by atoms with Crippen LogP contribution < -0.4 is 0 Å². The third-order valence-electron chi connectivity index (χ3n) is 3.70. The SMILES string of the molecule is CCCCC=CCCC(C)C.CCCCc1cnc(CC)nc1. The summed E-state index contributed by atoms with van der Waals surface area (Å²) < 4.78 is 0. The molecule has 1 rings (SSSR count). The van der Waals surface area contributed by atoms with Crippen LogP contribution in [0.3, 0.4) is 0 Å². The monoisotopic (exact) mass is 318 g/mol. The van der Waals surface area contributed by atoms with E-state index in [0.29, 0.717) is 0 Å². The molecule has 0 saturated carbocycles. The topological polar surface area (TPSA) is 25.8 Å². The van der Waals surface area contributed by atoms with Crippen molar-refractivity contribution in [3.63, 3.8) is 0 Å². The Morgan fingerprint density at radius 1 is 0.913 bits per heavy atom. The fourth-order valence-electron chi connectivity index (χ4n) is 2.06. The summed E-state index contributed by atoms with van der Waals surface area (Å²) in [5.74, 6) is 1.79. The lowest BCUT2D eigenvalue weighted by Gasteiger charge is -1.99. The van der Waals surface area contributed by atoms with Crippen LogP contribution in [0.15, 0.2) is 24.5 Å². The minimum atomic E-state index is 0.853. The van der Waals surface area contributed by atoms with Gasteiger partial charge in [0.05, 0.1) is 0 Å². The molecule has 0 aliphatic carbocycles. The first-order chi connectivity index (χ1) is 11.1. The van der Waals surface area contributed by atoms with Crippen LogP contribution in [0.25, 0.3) is 0 Å². The number of hydrogen-bond donors (Lipinski definition) is 0. The van der Waals surface area contributed by atoms with E-state index in [1.165, 1.54) is 50.5 Å². The lowest BCUT2D eigenvalue weighted by molar-refractivity contribution is 0.593. The molecule has 1 heterocycles. The van der Waals surface area contributed by atoms with Crippen molar-refractivity contribution in [3.8, 4) is 0 Å². The summed E-state index contributed by atoms with van der Waals surface area (Å²) in [6, 6.07) is 0. The van der Waals surface area contributed by atoms with E-state index in [9.17, 15) is 0 Å². The zero-order valence-electron chi connectivity index (χ0n) is 16.1. The largest absolute Gasteiger partial charge is 0.241 e. The predicted molar refractivity (Wildman–Crippen MR) is 103 cm³/mol. The van der Waals surface area contributed by atoms with Gasteiger partial charge < -0.3 is 0 Å². The normalized spacial score (nSPS) is 10.9. The second-order valence-corrected chi connectivity index (χ2v) is 6.55. The number of hydrogen-bond acceptors (Lipinski definition) is 2. The van der Waals surface area contributed by atoms with Gasteiger partial charge in [0.1, 0.15) is 5.82 Å². The summed E-state index contributed by atoms with van der Waals surface area (Å²) >= 11 is 0. The summed E-state index contributed by atoms with van der Waals surface area (Å²) in [7, 11) is 0. The van der Waals surface area contributed by atoms with E-state index < -0.39 is 0 Å². The lowest BCUT2D eigenvalue weighted by Crippen LogP contribution is -1.94. The van der Waals surface area contributed by atoms with Crippen molar-refractivity contribution in [1.82, 2.24) is 9.97 Å². The molecular weight excluding hydrogens is 280 g/mol.